The van der Waals surface area contributed by atoms with Gasteiger partial charge in [0.2, 0.25) is 5.56 Å². The Balaban J connectivity index is 1.46. The first kappa shape index (κ1) is 15.4. The van der Waals surface area contributed by atoms with E-state index in [1.807, 2.05) is 23.6 Å². The van der Waals surface area contributed by atoms with Gasteiger partial charge in [0.1, 0.15) is 11.5 Å². The number of carbonyl (C=O) groups excluding carboxylic acids is 1. The maximum atomic E-state index is 12.3. The molecule has 128 valence electrons. The van der Waals surface area contributed by atoms with Crippen LogP contribution in [0.4, 0.5) is 5.82 Å². The van der Waals surface area contributed by atoms with E-state index in [4.69, 9.17) is 0 Å². The number of amides is 1. The molecule has 1 fully saturated rings. The summed E-state index contributed by atoms with van der Waals surface area (Å²) in [6.07, 6.45) is 2.62. The maximum absolute atomic E-state index is 12.3. The molecule has 2 N–H and O–H groups in total. The molecule has 1 aliphatic rings. The van der Waals surface area contributed by atoms with Crippen molar-refractivity contribution in [3.63, 3.8) is 0 Å². The Hall–Kier alpha value is -3.16. The van der Waals surface area contributed by atoms with Crippen molar-refractivity contribution in [2.45, 2.75) is 19.4 Å². The van der Waals surface area contributed by atoms with Gasteiger partial charge in [0.15, 0.2) is 5.65 Å². The van der Waals surface area contributed by atoms with Crippen LogP contribution in [0.2, 0.25) is 0 Å². The summed E-state index contributed by atoms with van der Waals surface area (Å²) in [5.74, 6) is 0.594. The van der Waals surface area contributed by atoms with Gasteiger partial charge in [-0.3, -0.25) is 9.59 Å². The van der Waals surface area contributed by atoms with Crippen LogP contribution >= 0.6 is 0 Å². The molecule has 0 radical (unpaired) electrons. The summed E-state index contributed by atoms with van der Waals surface area (Å²) in [6, 6.07) is 8.45. The number of hydrogen-bond donors (Lipinski definition) is 2. The molecule has 1 saturated heterocycles. The third-order valence-electron chi connectivity index (χ3n) is 4.38. The second-order valence-electron chi connectivity index (χ2n) is 6.19. The minimum atomic E-state index is -0.283. The summed E-state index contributed by atoms with van der Waals surface area (Å²) in [5.41, 5.74) is 1.79. The number of nitrogens with one attached hydrogen (secondary N) is 2. The van der Waals surface area contributed by atoms with Crippen LogP contribution in [0.5, 0.6) is 0 Å². The highest BCUT2D eigenvalue weighted by atomic mass is 16.2. The molecule has 0 aliphatic carbocycles. The van der Waals surface area contributed by atoms with Crippen LogP contribution in [0.1, 0.15) is 22.6 Å². The zero-order chi connectivity index (χ0) is 17.4. The standard InChI is InChI=1S/C17H18N6O2/c1-11-9-18-14-5-6-15(21-23(11)14)22-8-7-12(10-22)19-17(25)13-3-2-4-16(24)20-13/h2-6,9,12H,7-8,10H2,1H3,(H,19,25)(H,20,24)/t12-/m0/s1. The number of anilines is 1. The van der Waals surface area contributed by atoms with Crippen LogP contribution in [0.25, 0.3) is 5.65 Å². The zero-order valence-electron chi connectivity index (χ0n) is 13.8. The van der Waals surface area contributed by atoms with Crippen molar-refractivity contribution in [2.24, 2.45) is 0 Å². The monoisotopic (exact) mass is 338 g/mol. The van der Waals surface area contributed by atoms with E-state index in [2.05, 4.69) is 25.3 Å². The normalized spacial score (nSPS) is 17.2. The van der Waals surface area contributed by atoms with Gasteiger partial charge in [0.05, 0.1) is 11.9 Å². The molecule has 4 heterocycles. The Labute approximate surface area is 143 Å². The number of aromatic amines is 1. The van der Waals surface area contributed by atoms with Gasteiger partial charge in [-0.15, -0.1) is 5.10 Å². The first-order chi connectivity index (χ1) is 12.1. The molecule has 3 aromatic heterocycles. The van der Waals surface area contributed by atoms with Crippen molar-refractivity contribution in [1.82, 2.24) is 24.9 Å². The smallest absolute Gasteiger partial charge is 0.268 e. The molecule has 0 bridgehead atoms. The van der Waals surface area contributed by atoms with E-state index in [9.17, 15) is 9.59 Å². The van der Waals surface area contributed by atoms with Crippen molar-refractivity contribution < 1.29 is 4.79 Å². The average Bonchev–Trinajstić information content (AvgIpc) is 3.22. The number of nitrogens with zero attached hydrogens (tertiary/aromatic N) is 4. The fourth-order valence-corrected chi connectivity index (χ4v) is 3.08. The van der Waals surface area contributed by atoms with Crippen molar-refractivity contribution >= 4 is 17.4 Å². The van der Waals surface area contributed by atoms with Crippen LogP contribution in [-0.4, -0.2) is 44.6 Å². The SMILES string of the molecule is Cc1cnc2ccc(N3CC[C@H](NC(=O)c4cccc(=O)[nH]4)C3)nn12. The molecule has 4 rings (SSSR count). The first-order valence-corrected chi connectivity index (χ1v) is 8.17. The highest BCUT2D eigenvalue weighted by molar-refractivity contribution is 5.92. The van der Waals surface area contributed by atoms with Crippen molar-refractivity contribution in [3.05, 3.63) is 58.3 Å². The highest BCUT2D eigenvalue weighted by Crippen LogP contribution is 2.19. The molecule has 0 saturated carbocycles. The number of imidazole rings is 1. The van der Waals surface area contributed by atoms with Crippen LogP contribution in [0, 0.1) is 6.92 Å². The van der Waals surface area contributed by atoms with Crippen LogP contribution in [-0.2, 0) is 0 Å². The minimum Gasteiger partial charge on any atom is -0.353 e. The third kappa shape index (κ3) is 2.98. The minimum absolute atomic E-state index is 0.0117. The van der Waals surface area contributed by atoms with Gasteiger partial charge in [0, 0.05) is 25.2 Å². The van der Waals surface area contributed by atoms with Crippen molar-refractivity contribution in [2.75, 3.05) is 18.0 Å². The van der Waals surface area contributed by atoms with Gasteiger partial charge in [-0.25, -0.2) is 9.50 Å². The molecular formula is C17H18N6O2. The fourth-order valence-electron chi connectivity index (χ4n) is 3.08. The number of H-pyrrole nitrogens is 1. The summed E-state index contributed by atoms with van der Waals surface area (Å²) >= 11 is 0. The Bertz CT molecular complexity index is 992. The van der Waals surface area contributed by atoms with E-state index in [1.54, 1.807) is 18.3 Å². The molecule has 0 unspecified atom stereocenters. The summed E-state index contributed by atoms with van der Waals surface area (Å²) in [5, 5.41) is 7.59. The molecular weight excluding hydrogens is 320 g/mol. The molecule has 8 nitrogen and oxygen atoms in total. The maximum Gasteiger partial charge on any atom is 0.268 e. The van der Waals surface area contributed by atoms with Gasteiger partial charge < -0.3 is 15.2 Å². The lowest BCUT2D eigenvalue weighted by Gasteiger charge is -2.18. The second-order valence-corrected chi connectivity index (χ2v) is 6.19. The van der Waals surface area contributed by atoms with Crippen LogP contribution in [0.15, 0.2) is 41.3 Å². The van der Waals surface area contributed by atoms with E-state index in [0.29, 0.717) is 6.54 Å². The number of carbonyl (C=O) groups is 1. The first-order valence-electron chi connectivity index (χ1n) is 8.17. The summed E-state index contributed by atoms with van der Waals surface area (Å²) < 4.78 is 1.82. The van der Waals surface area contributed by atoms with E-state index >= 15 is 0 Å². The van der Waals surface area contributed by atoms with E-state index < -0.39 is 0 Å². The average molecular weight is 338 g/mol. The van der Waals surface area contributed by atoms with E-state index in [-0.39, 0.29) is 23.2 Å². The summed E-state index contributed by atoms with van der Waals surface area (Å²) in [7, 11) is 0. The number of rotatable bonds is 3. The molecule has 1 aliphatic heterocycles. The van der Waals surface area contributed by atoms with E-state index in [0.717, 1.165) is 30.1 Å². The lowest BCUT2D eigenvalue weighted by molar-refractivity contribution is 0.0935. The number of hydrogen-bond acceptors (Lipinski definition) is 5. The topological polar surface area (TPSA) is 95.4 Å². The predicted octanol–water partition coefficient (Wildman–Crippen LogP) is 0.735. The van der Waals surface area contributed by atoms with Crippen LogP contribution in [0.3, 0.4) is 0 Å². The van der Waals surface area contributed by atoms with Gasteiger partial charge in [0.25, 0.3) is 5.91 Å². The molecule has 25 heavy (non-hydrogen) atoms. The van der Waals surface area contributed by atoms with Gasteiger partial charge in [-0.2, -0.15) is 0 Å². The number of aryl methyl sites for hydroxylation is 1. The Morgan fingerprint density at radius 3 is 3.04 bits per heavy atom. The highest BCUT2D eigenvalue weighted by Gasteiger charge is 2.25. The second kappa shape index (κ2) is 6.04. The van der Waals surface area contributed by atoms with Crippen molar-refractivity contribution in [3.8, 4) is 0 Å². The van der Waals surface area contributed by atoms with Gasteiger partial charge >= 0.3 is 0 Å². The summed E-state index contributed by atoms with van der Waals surface area (Å²) in [4.78, 5) is 32.5. The lowest BCUT2D eigenvalue weighted by atomic mass is 10.2. The van der Waals surface area contributed by atoms with E-state index in [1.165, 1.54) is 6.07 Å². The number of fused-ring (bicyclic) bond motifs is 1. The summed E-state index contributed by atoms with van der Waals surface area (Å²) in [6.45, 7) is 3.45. The quantitative estimate of drug-likeness (QED) is 0.734. The zero-order valence-corrected chi connectivity index (χ0v) is 13.8. The van der Waals surface area contributed by atoms with Gasteiger partial charge in [-0.1, -0.05) is 6.07 Å². The molecule has 0 aromatic carbocycles. The fraction of sp³-hybridized carbons (Fsp3) is 0.294. The number of aromatic nitrogens is 4. The number of pyridine rings is 1. The largest absolute Gasteiger partial charge is 0.353 e. The van der Waals surface area contributed by atoms with Crippen LogP contribution < -0.4 is 15.8 Å². The Kier molecular flexibility index (Phi) is 3.72. The molecule has 8 heteroatoms. The van der Waals surface area contributed by atoms with Gasteiger partial charge in [-0.05, 0) is 31.5 Å². The Morgan fingerprint density at radius 2 is 2.20 bits per heavy atom. The third-order valence-corrected chi connectivity index (χ3v) is 4.38. The molecule has 1 amide bonds. The van der Waals surface area contributed by atoms with Crippen molar-refractivity contribution in [1.29, 1.82) is 0 Å². The molecule has 0 spiro atoms. The molecule has 1 atom stereocenters. The Morgan fingerprint density at radius 1 is 1.32 bits per heavy atom. The lowest BCUT2D eigenvalue weighted by Crippen LogP contribution is -2.38. The molecule has 3 aromatic rings. The predicted molar refractivity (Wildman–Crippen MR) is 92.9 cm³/mol.